The highest BCUT2D eigenvalue weighted by Gasteiger charge is 2.27. The molecule has 0 radical (unpaired) electrons. The third kappa shape index (κ3) is 5.90. The van der Waals surface area contributed by atoms with Crippen LogP contribution in [-0.2, 0) is 16.0 Å². The molecule has 1 saturated carbocycles. The number of nitrogens with one attached hydrogen (secondary N) is 1. The second-order valence-corrected chi connectivity index (χ2v) is 9.90. The van der Waals surface area contributed by atoms with Crippen LogP contribution < -0.4 is 15.7 Å². The third-order valence-corrected chi connectivity index (χ3v) is 7.29. The minimum Gasteiger partial charge on any atom is -0.481 e. The molecule has 2 aromatic carbocycles. The van der Waals surface area contributed by atoms with Gasteiger partial charge in [0.2, 0.25) is 0 Å². The van der Waals surface area contributed by atoms with Gasteiger partial charge in [0.15, 0.2) is 6.10 Å². The van der Waals surface area contributed by atoms with Crippen LogP contribution in [0.5, 0.6) is 5.75 Å². The van der Waals surface area contributed by atoms with Crippen molar-refractivity contribution in [1.82, 2.24) is 5.32 Å². The molecule has 1 atom stereocenters. The van der Waals surface area contributed by atoms with E-state index in [-0.39, 0.29) is 23.5 Å². The lowest BCUT2D eigenvalue weighted by Crippen LogP contribution is -2.39. The van der Waals surface area contributed by atoms with E-state index < -0.39 is 17.7 Å². The summed E-state index contributed by atoms with van der Waals surface area (Å²) in [5.74, 6) is -0.810. The first-order valence-corrected chi connectivity index (χ1v) is 12.6. The number of rotatable bonds is 8. The molecule has 1 fully saturated rings. The molecule has 0 aliphatic heterocycles. The van der Waals surface area contributed by atoms with Gasteiger partial charge in [-0.25, -0.2) is 4.79 Å². The number of aryl methyl sites for hydroxylation is 1. The van der Waals surface area contributed by atoms with E-state index in [0.29, 0.717) is 47.4 Å². The highest BCUT2D eigenvalue weighted by molar-refractivity contribution is 6.32. The number of aliphatic carboxylic acids is 1. The normalized spacial score (nSPS) is 18.5. The number of carboxylic acid groups (broad SMARTS) is 1. The molecular formula is C28H30ClNO6. The maximum Gasteiger partial charge on any atom is 0.340 e. The molecule has 2 N–H and O–H groups in total. The van der Waals surface area contributed by atoms with Gasteiger partial charge in [-0.2, -0.15) is 0 Å². The molecule has 1 aliphatic rings. The van der Waals surface area contributed by atoms with Crippen LogP contribution in [0.4, 0.5) is 0 Å². The van der Waals surface area contributed by atoms with Crippen molar-refractivity contribution in [3.8, 4) is 5.75 Å². The Labute approximate surface area is 214 Å². The minimum atomic E-state index is -0.819. The lowest BCUT2D eigenvalue weighted by Gasteiger charge is -2.26. The highest BCUT2D eigenvalue weighted by atomic mass is 35.5. The summed E-state index contributed by atoms with van der Waals surface area (Å²) in [6.45, 7) is 3.97. The van der Waals surface area contributed by atoms with Crippen molar-refractivity contribution >= 4 is 34.4 Å². The van der Waals surface area contributed by atoms with Crippen molar-refractivity contribution in [2.75, 3.05) is 6.54 Å². The lowest BCUT2D eigenvalue weighted by molar-refractivity contribution is -0.143. The zero-order chi connectivity index (χ0) is 25.8. The minimum absolute atomic E-state index is 0.253. The first-order valence-electron chi connectivity index (χ1n) is 12.2. The van der Waals surface area contributed by atoms with Crippen molar-refractivity contribution in [2.45, 2.75) is 52.1 Å². The predicted molar refractivity (Wildman–Crippen MR) is 138 cm³/mol. The van der Waals surface area contributed by atoms with Gasteiger partial charge in [-0.1, -0.05) is 41.9 Å². The molecule has 8 heteroatoms. The third-order valence-electron chi connectivity index (χ3n) is 7.00. The zero-order valence-corrected chi connectivity index (χ0v) is 21.1. The van der Waals surface area contributed by atoms with Gasteiger partial charge in [-0.05, 0) is 62.6 Å². The molecule has 4 rings (SSSR count). The number of ether oxygens (including phenoxy) is 1. The molecule has 36 heavy (non-hydrogen) atoms. The second-order valence-electron chi connectivity index (χ2n) is 9.50. The van der Waals surface area contributed by atoms with Crippen LogP contribution in [-0.4, -0.2) is 29.6 Å². The van der Waals surface area contributed by atoms with E-state index in [1.165, 1.54) is 0 Å². The molecule has 3 aromatic rings. The number of halogens is 1. The van der Waals surface area contributed by atoms with Crippen LogP contribution in [0.25, 0.3) is 11.0 Å². The number of benzene rings is 2. The molecule has 1 amide bonds. The number of amides is 1. The quantitative estimate of drug-likeness (QED) is 0.406. The standard InChI is InChI=1S/C28H30ClNO6/c1-16-21-13-23(29)25(14-24(21)36-28(34)22(16)12-18-6-4-3-5-7-18)35-17(2)26(31)30-15-19-8-10-20(11-9-19)27(32)33/h3-7,13-14,17,19-20H,8-12,15H2,1-2H3,(H,30,31)(H,32,33)/t17-,19?,20?/m1/s1. The average Bonchev–Trinajstić information content (AvgIpc) is 2.87. The Morgan fingerprint density at radius 2 is 1.86 bits per heavy atom. The largest absolute Gasteiger partial charge is 0.481 e. The fraction of sp³-hybridized carbons (Fsp3) is 0.393. The van der Waals surface area contributed by atoms with Crippen LogP contribution in [0.3, 0.4) is 0 Å². The number of hydrogen-bond donors (Lipinski definition) is 2. The number of carbonyl (C=O) groups is 2. The summed E-state index contributed by atoms with van der Waals surface area (Å²) in [6.07, 6.45) is 2.44. The Morgan fingerprint density at radius 1 is 1.17 bits per heavy atom. The SMILES string of the molecule is Cc1c(Cc2ccccc2)c(=O)oc2cc(O[C@H](C)C(=O)NCC3CCC(C(=O)O)CC3)c(Cl)cc12. The Morgan fingerprint density at radius 3 is 2.53 bits per heavy atom. The van der Waals surface area contributed by atoms with Gasteiger partial charge in [0.1, 0.15) is 11.3 Å². The van der Waals surface area contributed by atoms with E-state index in [1.54, 1.807) is 19.1 Å². The Balaban J connectivity index is 1.43. The van der Waals surface area contributed by atoms with E-state index in [1.807, 2.05) is 37.3 Å². The Bertz CT molecular complexity index is 1310. The fourth-order valence-electron chi connectivity index (χ4n) is 4.73. The predicted octanol–water partition coefficient (Wildman–Crippen LogP) is 5.12. The number of hydrogen-bond acceptors (Lipinski definition) is 5. The van der Waals surface area contributed by atoms with E-state index in [2.05, 4.69) is 5.32 Å². The average molecular weight is 512 g/mol. The molecule has 1 aromatic heterocycles. The molecule has 0 bridgehead atoms. The number of carbonyl (C=O) groups excluding carboxylic acids is 1. The molecule has 0 saturated heterocycles. The van der Waals surface area contributed by atoms with E-state index in [9.17, 15) is 14.4 Å². The van der Waals surface area contributed by atoms with Crippen molar-refractivity contribution in [3.05, 3.63) is 74.6 Å². The molecular weight excluding hydrogens is 482 g/mol. The van der Waals surface area contributed by atoms with Gasteiger partial charge in [0.25, 0.3) is 5.91 Å². The maximum atomic E-state index is 12.7. The summed E-state index contributed by atoms with van der Waals surface area (Å²) in [5, 5.41) is 13.1. The van der Waals surface area contributed by atoms with Gasteiger partial charge in [0.05, 0.1) is 10.9 Å². The molecule has 190 valence electrons. The van der Waals surface area contributed by atoms with Crippen molar-refractivity contribution in [2.24, 2.45) is 11.8 Å². The van der Waals surface area contributed by atoms with Gasteiger partial charge in [-0.3, -0.25) is 9.59 Å². The highest BCUT2D eigenvalue weighted by Crippen LogP contribution is 2.33. The van der Waals surface area contributed by atoms with Crippen molar-refractivity contribution in [1.29, 1.82) is 0 Å². The van der Waals surface area contributed by atoms with Crippen molar-refractivity contribution in [3.63, 3.8) is 0 Å². The zero-order valence-electron chi connectivity index (χ0n) is 20.4. The van der Waals surface area contributed by atoms with Crippen molar-refractivity contribution < 1.29 is 23.8 Å². The Hall–Kier alpha value is -3.32. The maximum absolute atomic E-state index is 12.7. The van der Waals surface area contributed by atoms with Crippen LogP contribution >= 0.6 is 11.6 Å². The van der Waals surface area contributed by atoms with E-state index >= 15 is 0 Å². The van der Waals surface area contributed by atoms with Crippen LogP contribution in [0.15, 0.2) is 51.7 Å². The topological polar surface area (TPSA) is 106 Å². The molecule has 0 unspecified atom stereocenters. The van der Waals surface area contributed by atoms with Gasteiger partial charge in [0, 0.05) is 30.0 Å². The Kier molecular flexibility index (Phi) is 7.99. The number of fused-ring (bicyclic) bond motifs is 1. The van der Waals surface area contributed by atoms with Crippen LogP contribution in [0, 0.1) is 18.8 Å². The summed E-state index contributed by atoms with van der Waals surface area (Å²) >= 11 is 6.49. The first-order chi connectivity index (χ1) is 17.2. The monoisotopic (exact) mass is 511 g/mol. The van der Waals surface area contributed by atoms with E-state index in [0.717, 1.165) is 24.0 Å². The second kappa shape index (κ2) is 11.2. The summed E-state index contributed by atoms with van der Waals surface area (Å²) in [4.78, 5) is 36.5. The molecule has 1 heterocycles. The molecule has 0 spiro atoms. The first kappa shape index (κ1) is 25.8. The fourth-order valence-corrected chi connectivity index (χ4v) is 4.94. The number of carboxylic acids is 1. The van der Waals surface area contributed by atoms with Crippen LogP contribution in [0.2, 0.25) is 5.02 Å². The van der Waals surface area contributed by atoms with Gasteiger partial charge >= 0.3 is 11.6 Å². The summed E-state index contributed by atoms with van der Waals surface area (Å²) in [5.41, 5.74) is 2.30. The molecule has 1 aliphatic carbocycles. The summed E-state index contributed by atoms with van der Waals surface area (Å²) in [6, 6.07) is 12.9. The molecule has 7 nitrogen and oxygen atoms in total. The lowest BCUT2D eigenvalue weighted by atomic mass is 9.82. The van der Waals surface area contributed by atoms with Crippen LogP contribution in [0.1, 0.15) is 49.3 Å². The summed E-state index contributed by atoms with van der Waals surface area (Å²) in [7, 11) is 0. The van der Waals surface area contributed by atoms with Gasteiger partial charge in [-0.15, -0.1) is 0 Å². The smallest absolute Gasteiger partial charge is 0.340 e. The van der Waals surface area contributed by atoms with E-state index in [4.69, 9.17) is 25.9 Å². The van der Waals surface area contributed by atoms with Gasteiger partial charge < -0.3 is 19.6 Å². The summed E-state index contributed by atoms with van der Waals surface area (Å²) < 4.78 is 11.4.